The van der Waals surface area contributed by atoms with Gasteiger partial charge in [-0.15, -0.1) is 0 Å². The Morgan fingerprint density at radius 3 is 2.30 bits per heavy atom. The molecule has 1 aliphatic rings. The summed E-state index contributed by atoms with van der Waals surface area (Å²) in [6.45, 7) is 5.69. The molecular formula is C17H25NO2. The van der Waals surface area contributed by atoms with E-state index in [0.29, 0.717) is 18.3 Å². The Morgan fingerprint density at radius 2 is 1.85 bits per heavy atom. The molecule has 0 saturated heterocycles. The summed E-state index contributed by atoms with van der Waals surface area (Å²) in [5.41, 5.74) is 1.27. The van der Waals surface area contributed by atoms with Gasteiger partial charge < -0.3 is 9.64 Å². The molecule has 3 heteroatoms. The summed E-state index contributed by atoms with van der Waals surface area (Å²) in [6.07, 6.45) is 3.14. The monoisotopic (exact) mass is 275 g/mol. The summed E-state index contributed by atoms with van der Waals surface area (Å²) in [7, 11) is 1.68. The average molecular weight is 275 g/mol. The van der Waals surface area contributed by atoms with E-state index in [4.69, 9.17) is 4.74 Å². The lowest BCUT2D eigenvalue weighted by Crippen LogP contribution is -2.31. The summed E-state index contributed by atoms with van der Waals surface area (Å²) in [5, 5.41) is 0. The second-order valence-corrected chi connectivity index (χ2v) is 5.49. The number of rotatable bonds is 7. The topological polar surface area (TPSA) is 29.5 Å². The number of carbonyl (C=O) groups is 1. The Balaban J connectivity index is 2.08. The summed E-state index contributed by atoms with van der Waals surface area (Å²) in [6, 6.07) is 8.20. The Bertz CT molecular complexity index is 433. The van der Waals surface area contributed by atoms with E-state index in [9.17, 15) is 4.79 Å². The van der Waals surface area contributed by atoms with Crippen molar-refractivity contribution in [1.29, 1.82) is 0 Å². The summed E-state index contributed by atoms with van der Waals surface area (Å²) < 4.78 is 5.20. The number of hydrogen-bond acceptors (Lipinski definition) is 2. The van der Waals surface area contributed by atoms with Crippen LogP contribution in [0.1, 0.15) is 44.6 Å². The van der Waals surface area contributed by atoms with Gasteiger partial charge >= 0.3 is 0 Å². The lowest BCUT2D eigenvalue weighted by molar-refractivity contribution is -0.131. The maximum Gasteiger partial charge on any atom is 0.223 e. The van der Waals surface area contributed by atoms with E-state index in [1.54, 1.807) is 7.11 Å². The molecule has 2 rings (SSSR count). The molecule has 20 heavy (non-hydrogen) atoms. The molecule has 1 saturated carbocycles. The second-order valence-electron chi connectivity index (χ2n) is 5.49. The van der Waals surface area contributed by atoms with Crippen molar-refractivity contribution in [2.24, 2.45) is 5.92 Å². The SMILES string of the molecule is CCN(CC)C(=O)CC(c1ccc(OC)cc1)C1CC1. The van der Waals surface area contributed by atoms with E-state index < -0.39 is 0 Å². The minimum Gasteiger partial charge on any atom is -0.497 e. The van der Waals surface area contributed by atoms with Gasteiger partial charge in [-0.1, -0.05) is 12.1 Å². The van der Waals surface area contributed by atoms with Gasteiger partial charge in [-0.05, 0) is 56.2 Å². The maximum atomic E-state index is 12.3. The Hall–Kier alpha value is -1.51. The van der Waals surface area contributed by atoms with Crippen LogP contribution in [-0.4, -0.2) is 31.0 Å². The van der Waals surface area contributed by atoms with Crippen molar-refractivity contribution in [3.63, 3.8) is 0 Å². The third kappa shape index (κ3) is 3.53. The van der Waals surface area contributed by atoms with Crippen LogP contribution in [0, 0.1) is 5.92 Å². The molecule has 1 atom stereocenters. The maximum absolute atomic E-state index is 12.3. The zero-order valence-corrected chi connectivity index (χ0v) is 12.8. The highest BCUT2D eigenvalue weighted by Gasteiger charge is 2.34. The fourth-order valence-corrected chi connectivity index (χ4v) is 2.80. The van der Waals surface area contributed by atoms with Crippen molar-refractivity contribution in [2.75, 3.05) is 20.2 Å². The number of carbonyl (C=O) groups excluding carboxylic acids is 1. The molecule has 0 heterocycles. The molecule has 1 amide bonds. The molecule has 1 fully saturated rings. The molecule has 0 aliphatic heterocycles. The van der Waals surface area contributed by atoms with Crippen LogP contribution in [0.3, 0.4) is 0 Å². The van der Waals surface area contributed by atoms with Crippen LogP contribution in [0.5, 0.6) is 5.75 Å². The minimum absolute atomic E-state index is 0.280. The van der Waals surface area contributed by atoms with Crippen molar-refractivity contribution in [2.45, 2.75) is 39.0 Å². The zero-order valence-electron chi connectivity index (χ0n) is 12.8. The number of methoxy groups -OCH3 is 1. The smallest absolute Gasteiger partial charge is 0.223 e. The first-order chi connectivity index (χ1) is 9.69. The van der Waals surface area contributed by atoms with Gasteiger partial charge in [0.15, 0.2) is 0 Å². The molecule has 0 radical (unpaired) electrons. The molecule has 1 aromatic rings. The van der Waals surface area contributed by atoms with Crippen LogP contribution in [0.25, 0.3) is 0 Å². The predicted molar refractivity (Wildman–Crippen MR) is 81.0 cm³/mol. The van der Waals surface area contributed by atoms with Gasteiger partial charge in [-0.25, -0.2) is 0 Å². The lowest BCUT2D eigenvalue weighted by Gasteiger charge is -2.23. The van der Waals surface area contributed by atoms with Crippen LogP contribution in [0.2, 0.25) is 0 Å². The second kappa shape index (κ2) is 6.78. The first kappa shape index (κ1) is 14.9. The van der Waals surface area contributed by atoms with Gasteiger partial charge in [0.25, 0.3) is 0 Å². The Morgan fingerprint density at radius 1 is 1.25 bits per heavy atom. The van der Waals surface area contributed by atoms with Crippen LogP contribution in [0.15, 0.2) is 24.3 Å². The number of benzene rings is 1. The molecule has 1 unspecified atom stereocenters. The molecule has 3 nitrogen and oxygen atoms in total. The zero-order chi connectivity index (χ0) is 14.5. The van der Waals surface area contributed by atoms with Crippen molar-refractivity contribution in [3.8, 4) is 5.75 Å². The van der Waals surface area contributed by atoms with E-state index in [0.717, 1.165) is 18.8 Å². The molecule has 1 aliphatic carbocycles. The van der Waals surface area contributed by atoms with E-state index >= 15 is 0 Å². The Kier molecular flexibility index (Phi) is 5.05. The molecule has 0 aromatic heterocycles. The normalized spacial score (nSPS) is 15.8. The van der Waals surface area contributed by atoms with E-state index in [1.807, 2.05) is 30.9 Å². The highest BCUT2D eigenvalue weighted by molar-refractivity contribution is 5.77. The largest absolute Gasteiger partial charge is 0.497 e. The number of amides is 1. The van der Waals surface area contributed by atoms with Gasteiger partial charge in [0.2, 0.25) is 5.91 Å². The van der Waals surface area contributed by atoms with Gasteiger partial charge in [0.05, 0.1) is 7.11 Å². The lowest BCUT2D eigenvalue weighted by atomic mass is 9.90. The first-order valence-electron chi connectivity index (χ1n) is 7.61. The Labute approximate surface area is 121 Å². The fourth-order valence-electron chi connectivity index (χ4n) is 2.80. The van der Waals surface area contributed by atoms with E-state index in [-0.39, 0.29) is 5.91 Å². The van der Waals surface area contributed by atoms with Crippen molar-refractivity contribution in [1.82, 2.24) is 4.90 Å². The highest BCUT2D eigenvalue weighted by Crippen LogP contribution is 2.45. The van der Waals surface area contributed by atoms with Crippen molar-refractivity contribution >= 4 is 5.91 Å². The van der Waals surface area contributed by atoms with Crippen LogP contribution in [-0.2, 0) is 4.79 Å². The summed E-state index contributed by atoms with van der Waals surface area (Å²) >= 11 is 0. The quantitative estimate of drug-likeness (QED) is 0.763. The highest BCUT2D eigenvalue weighted by atomic mass is 16.5. The van der Waals surface area contributed by atoms with Crippen molar-refractivity contribution in [3.05, 3.63) is 29.8 Å². The van der Waals surface area contributed by atoms with Gasteiger partial charge in [-0.3, -0.25) is 4.79 Å². The fraction of sp³-hybridized carbons (Fsp3) is 0.588. The van der Waals surface area contributed by atoms with Crippen molar-refractivity contribution < 1.29 is 9.53 Å². The molecule has 110 valence electrons. The number of hydrogen-bond donors (Lipinski definition) is 0. The third-order valence-electron chi connectivity index (χ3n) is 4.25. The summed E-state index contributed by atoms with van der Waals surface area (Å²) in [5.74, 6) is 2.21. The first-order valence-corrected chi connectivity index (χ1v) is 7.61. The standard InChI is InChI=1S/C17H25NO2/c1-4-18(5-2)17(19)12-16(13-6-7-13)14-8-10-15(20-3)11-9-14/h8-11,13,16H,4-7,12H2,1-3H3. The van der Waals surface area contributed by atoms with Crippen LogP contribution >= 0.6 is 0 Å². The number of ether oxygens (including phenoxy) is 1. The average Bonchev–Trinajstić information content (AvgIpc) is 3.31. The minimum atomic E-state index is 0.280. The molecule has 1 aromatic carbocycles. The van der Waals surface area contributed by atoms with E-state index in [1.165, 1.54) is 18.4 Å². The van der Waals surface area contributed by atoms with Gasteiger partial charge in [-0.2, -0.15) is 0 Å². The van der Waals surface area contributed by atoms with Gasteiger partial charge in [0, 0.05) is 19.5 Å². The molecule has 0 N–H and O–H groups in total. The van der Waals surface area contributed by atoms with Crippen LogP contribution < -0.4 is 4.74 Å². The molecule has 0 bridgehead atoms. The summed E-state index contributed by atoms with van der Waals surface area (Å²) in [4.78, 5) is 14.3. The molecular weight excluding hydrogens is 250 g/mol. The third-order valence-corrected chi connectivity index (χ3v) is 4.25. The number of nitrogens with zero attached hydrogens (tertiary/aromatic N) is 1. The van der Waals surface area contributed by atoms with E-state index in [2.05, 4.69) is 12.1 Å². The van der Waals surface area contributed by atoms with Gasteiger partial charge in [0.1, 0.15) is 5.75 Å². The van der Waals surface area contributed by atoms with Crippen LogP contribution in [0.4, 0.5) is 0 Å². The predicted octanol–water partition coefficient (Wildman–Crippen LogP) is 3.45. The molecule has 0 spiro atoms.